The molecular weight excluding hydrogens is 596 g/mol. The van der Waals surface area contributed by atoms with Crippen molar-refractivity contribution in [2.75, 3.05) is 13.2 Å². The molecule has 0 saturated carbocycles. The first kappa shape index (κ1) is 31.7. The smallest absolute Gasteiger partial charge is 0.238 e. The predicted octanol–water partition coefficient (Wildman–Crippen LogP) is -3.07. The Morgan fingerprint density at radius 2 is 1.25 bits per heavy atom. The van der Waals surface area contributed by atoms with Crippen LogP contribution in [0, 0.1) is 0 Å². The number of phenols is 2. The van der Waals surface area contributed by atoms with E-state index in [9.17, 15) is 61.0 Å². The average Bonchev–Trinajstić information content (AvgIpc) is 3.00. The molecular formula is C27H30O17. The van der Waals surface area contributed by atoms with Crippen LogP contribution >= 0.6 is 0 Å². The Morgan fingerprint density at radius 1 is 0.682 bits per heavy atom. The van der Waals surface area contributed by atoms with Gasteiger partial charge in [0.1, 0.15) is 71.3 Å². The van der Waals surface area contributed by atoms with E-state index in [0.29, 0.717) is 0 Å². The Hall–Kier alpha value is -3.75. The van der Waals surface area contributed by atoms with Gasteiger partial charge >= 0.3 is 0 Å². The molecule has 0 radical (unpaired) electrons. The Balaban J connectivity index is 1.44. The van der Waals surface area contributed by atoms with Gasteiger partial charge in [-0.1, -0.05) is 0 Å². The molecule has 2 aliphatic heterocycles. The first-order valence-electron chi connectivity index (χ1n) is 13.2. The van der Waals surface area contributed by atoms with Crippen molar-refractivity contribution in [1.29, 1.82) is 0 Å². The summed E-state index contributed by atoms with van der Waals surface area (Å²) in [6, 6.07) is 5.42. The highest BCUT2D eigenvalue weighted by atomic mass is 16.7. The predicted molar refractivity (Wildman–Crippen MR) is 142 cm³/mol. The number of aromatic hydroxyl groups is 3. The summed E-state index contributed by atoms with van der Waals surface area (Å²) in [5, 5.41) is 110. The fourth-order valence-electron chi connectivity index (χ4n) is 4.88. The first-order valence-corrected chi connectivity index (χ1v) is 13.2. The Morgan fingerprint density at radius 3 is 1.80 bits per heavy atom. The molecule has 240 valence electrons. The molecule has 0 bridgehead atoms. The quantitative estimate of drug-likeness (QED) is 0.124. The van der Waals surface area contributed by atoms with Gasteiger partial charge in [-0.2, -0.15) is 0 Å². The van der Waals surface area contributed by atoms with Crippen LogP contribution in [0.2, 0.25) is 0 Å². The van der Waals surface area contributed by atoms with Crippen molar-refractivity contribution in [3.63, 3.8) is 0 Å². The van der Waals surface area contributed by atoms with Gasteiger partial charge in [0, 0.05) is 17.7 Å². The normalized spacial score (nSPS) is 32.5. The van der Waals surface area contributed by atoms with Gasteiger partial charge in [-0.05, 0) is 18.2 Å². The van der Waals surface area contributed by atoms with E-state index in [4.69, 9.17) is 23.4 Å². The maximum Gasteiger partial charge on any atom is 0.238 e. The van der Waals surface area contributed by atoms with Crippen molar-refractivity contribution in [2.24, 2.45) is 0 Å². The highest BCUT2D eigenvalue weighted by molar-refractivity contribution is 5.88. The molecule has 3 aromatic rings. The van der Waals surface area contributed by atoms with Crippen LogP contribution in [0.4, 0.5) is 0 Å². The summed E-state index contributed by atoms with van der Waals surface area (Å²) in [5.41, 5.74) is -1.47. The number of ether oxygens (including phenoxy) is 4. The third-order valence-corrected chi connectivity index (χ3v) is 7.34. The van der Waals surface area contributed by atoms with Gasteiger partial charge in [0.15, 0.2) is 17.3 Å². The van der Waals surface area contributed by atoms with Crippen LogP contribution in [0.15, 0.2) is 39.5 Å². The third kappa shape index (κ3) is 5.61. The lowest BCUT2D eigenvalue weighted by Crippen LogP contribution is -2.60. The van der Waals surface area contributed by atoms with E-state index in [2.05, 4.69) is 0 Å². The van der Waals surface area contributed by atoms with Crippen molar-refractivity contribution >= 4 is 11.0 Å². The summed E-state index contributed by atoms with van der Waals surface area (Å²) in [7, 11) is 0. The summed E-state index contributed by atoms with van der Waals surface area (Å²) >= 11 is 0. The van der Waals surface area contributed by atoms with E-state index in [-0.39, 0.29) is 22.6 Å². The molecule has 0 aliphatic carbocycles. The number of aliphatic hydroxyl groups excluding tert-OH is 8. The molecule has 5 rings (SSSR count). The summed E-state index contributed by atoms with van der Waals surface area (Å²) < 4.78 is 27.1. The molecule has 1 aromatic heterocycles. The van der Waals surface area contributed by atoms with Crippen molar-refractivity contribution in [3.05, 3.63) is 40.6 Å². The average molecular weight is 627 g/mol. The number of rotatable bonds is 7. The number of hydrogen-bond donors (Lipinski definition) is 11. The standard InChI is InChI=1S/C27H30O17/c28-6-14-17(32)20(35)23(38)26(43-14)40-9-4-11(31)16-13(5-9)41-25(22(37)19(16)34)8-1-2-12(10(30)3-8)42-27-24(39)21(36)18(33)15(7-29)44-27/h1-5,14-15,17-18,20-21,23-24,26-33,35-39H,6-7H2/t14-,15-,17-,18-,20+,21+,23-,24-,26-,27-/m1/s1. The van der Waals surface area contributed by atoms with Gasteiger partial charge in [-0.15, -0.1) is 0 Å². The molecule has 0 spiro atoms. The van der Waals surface area contributed by atoms with Crippen LogP contribution in [-0.4, -0.2) is 131 Å². The van der Waals surface area contributed by atoms with Crippen molar-refractivity contribution < 1.29 is 79.5 Å². The molecule has 0 unspecified atom stereocenters. The molecule has 17 nitrogen and oxygen atoms in total. The second-order valence-corrected chi connectivity index (χ2v) is 10.2. The summed E-state index contributed by atoms with van der Waals surface area (Å²) in [6.45, 7) is -1.43. The van der Waals surface area contributed by atoms with E-state index < -0.39 is 108 Å². The minimum Gasteiger partial charge on any atom is -0.507 e. The maximum absolute atomic E-state index is 13.0. The van der Waals surface area contributed by atoms with Gasteiger partial charge in [0.25, 0.3) is 0 Å². The molecule has 2 saturated heterocycles. The molecule has 11 N–H and O–H groups in total. The molecule has 2 fully saturated rings. The minimum absolute atomic E-state index is 0.0695. The van der Waals surface area contributed by atoms with Crippen molar-refractivity contribution in [2.45, 2.75) is 61.4 Å². The molecule has 2 aliphatic rings. The highest BCUT2D eigenvalue weighted by Gasteiger charge is 2.46. The molecule has 44 heavy (non-hydrogen) atoms. The lowest BCUT2D eigenvalue weighted by atomic mass is 9.99. The summed E-state index contributed by atoms with van der Waals surface area (Å²) in [4.78, 5) is 13.0. The van der Waals surface area contributed by atoms with E-state index in [0.717, 1.165) is 24.3 Å². The fraction of sp³-hybridized carbons (Fsp3) is 0.444. The Bertz CT molecular complexity index is 1550. The number of aliphatic hydroxyl groups is 8. The zero-order valence-electron chi connectivity index (χ0n) is 22.4. The fourth-order valence-corrected chi connectivity index (χ4v) is 4.88. The lowest BCUT2D eigenvalue weighted by molar-refractivity contribution is -0.277. The van der Waals surface area contributed by atoms with Crippen LogP contribution in [0.25, 0.3) is 22.3 Å². The zero-order valence-corrected chi connectivity index (χ0v) is 22.4. The van der Waals surface area contributed by atoms with Gasteiger partial charge in [-0.25, -0.2) is 0 Å². The number of benzene rings is 2. The monoisotopic (exact) mass is 626 g/mol. The number of hydrogen-bond acceptors (Lipinski definition) is 17. The van der Waals surface area contributed by atoms with Crippen LogP contribution in [0.5, 0.6) is 28.7 Å². The third-order valence-electron chi connectivity index (χ3n) is 7.34. The van der Waals surface area contributed by atoms with E-state index in [1.165, 1.54) is 6.07 Å². The van der Waals surface area contributed by atoms with Crippen LogP contribution in [0.1, 0.15) is 0 Å². The molecule has 3 heterocycles. The minimum atomic E-state index is -1.78. The number of phenolic OH excluding ortho intramolecular Hbond substituents is 2. The van der Waals surface area contributed by atoms with Crippen LogP contribution in [0.3, 0.4) is 0 Å². The molecule has 0 amide bonds. The Labute approximate surface area is 246 Å². The topological polar surface area (TPSA) is 290 Å². The second-order valence-electron chi connectivity index (χ2n) is 10.2. The summed E-state index contributed by atoms with van der Waals surface area (Å²) in [5.74, 6) is -3.27. The highest BCUT2D eigenvalue weighted by Crippen LogP contribution is 2.39. The lowest BCUT2D eigenvalue weighted by Gasteiger charge is -2.39. The SMILES string of the molecule is O=c1c(O)c(-c2ccc(O[C@@H]3O[C@H](CO)[C@@H](O)[C@H](O)[C@H]3O)c(O)c2)oc2cc(O[C@@H]3O[C@H](CO)[C@@H](O)[C@H](O)[C@H]3O)cc(O)c12. The largest absolute Gasteiger partial charge is 0.507 e. The van der Waals surface area contributed by atoms with Gasteiger partial charge in [0.2, 0.25) is 23.8 Å². The number of fused-ring (bicyclic) bond motifs is 1. The second kappa shape index (κ2) is 12.3. The first-order chi connectivity index (χ1) is 20.9. The van der Waals surface area contributed by atoms with E-state index >= 15 is 0 Å². The van der Waals surface area contributed by atoms with Gasteiger partial charge in [0.05, 0.1) is 13.2 Å². The van der Waals surface area contributed by atoms with Crippen LogP contribution in [-0.2, 0) is 9.47 Å². The zero-order chi connectivity index (χ0) is 32.0. The summed E-state index contributed by atoms with van der Waals surface area (Å²) in [6.07, 6.45) is -16.1. The van der Waals surface area contributed by atoms with E-state index in [1.54, 1.807) is 0 Å². The molecule has 17 heteroatoms. The van der Waals surface area contributed by atoms with Crippen molar-refractivity contribution in [3.8, 4) is 40.1 Å². The van der Waals surface area contributed by atoms with Crippen LogP contribution < -0.4 is 14.9 Å². The van der Waals surface area contributed by atoms with Gasteiger partial charge in [-0.3, -0.25) is 4.79 Å². The maximum atomic E-state index is 13.0. The van der Waals surface area contributed by atoms with E-state index in [1.807, 2.05) is 0 Å². The Kier molecular flexibility index (Phi) is 8.87. The van der Waals surface area contributed by atoms with Gasteiger partial charge < -0.3 is 79.5 Å². The molecule has 2 aromatic carbocycles. The van der Waals surface area contributed by atoms with Crippen molar-refractivity contribution in [1.82, 2.24) is 0 Å². The molecule has 10 atom stereocenters.